The van der Waals surface area contributed by atoms with Crippen LogP contribution in [0.3, 0.4) is 0 Å². The van der Waals surface area contributed by atoms with Gasteiger partial charge in [0.05, 0.1) is 17.5 Å². The molecule has 4 unspecified atom stereocenters. The minimum atomic E-state index is -4.52. The van der Waals surface area contributed by atoms with Crippen LogP contribution in [0.15, 0.2) is 48.8 Å². The third kappa shape index (κ3) is 4.56. The summed E-state index contributed by atoms with van der Waals surface area (Å²) in [5, 5.41) is 5.65. The topological polar surface area (TPSA) is 97.4 Å². The van der Waals surface area contributed by atoms with E-state index in [0.717, 1.165) is 29.8 Å². The van der Waals surface area contributed by atoms with E-state index in [0.29, 0.717) is 0 Å². The Morgan fingerprint density at radius 1 is 1.16 bits per heavy atom. The molecule has 4 atom stereocenters. The number of nitrogens with one attached hydrogen (secondary N) is 2. The third-order valence-electron chi connectivity index (χ3n) is 5.75. The van der Waals surface area contributed by atoms with Crippen LogP contribution in [0, 0.1) is 11.8 Å². The average molecular weight is 447 g/mol. The molecule has 1 amide bonds. The van der Waals surface area contributed by atoms with Crippen molar-refractivity contribution in [1.29, 1.82) is 0 Å². The molecule has 7 nitrogen and oxygen atoms in total. The quantitative estimate of drug-likeness (QED) is 0.701. The summed E-state index contributed by atoms with van der Waals surface area (Å²) in [6.45, 7) is 0.169. The number of alkyl halides is 3. The molecule has 0 aliphatic carbocycles. The first-order valence-corrected chi connectivity index (χ1v) is 10.0. The summed E-state index contributed by atoms with van der Waals surface area (Å²) in [4.78, 5) is 42.3. The van der Waals surface area contributed by atoms with Gasteiger partial charge in [-0.05, 0) is 48.4 Å². The first-order chi connectivity index (χ1) is 15.2. The van der Waals surface area contributed by atoms with Crippen LogP contribution in [0.1, 0.15) is 21.5 Å². The summed E-state index contributed by atoms with van der Waals surface area (Å²) in [5.41, 5.74) is -0.142. The van der Waals surface area contributed by atoms with Crippen LogP contribution < -0.4 is 10.6 Å². The Morgan fingerprint density at radius 3 is 2.50 bits per heavy atom. The van der Waals surface area contributed by atoms with Crippen LogP contribution in [0.5, 0.6) is 0 Å². The number of carbonyl (C=O) groups is 3. The maximum absolute atomic E-state index is 13.4. The monoisotopic (exact) mass is 447 g/mol. The smallest absolute Gasteiger partial charge is 0.355 e. The highest BCUT2D eigenvalue weighted by Crippen LogP contribution is 2.31. The predicted octanol–water partition coefficient (Wildman–Crippen LogP) is 1.77. The van der Waals surface area contributed by atoms with Gasteiger partial charge >= 0.3 is 6.18 Å². The Bertz CT molecular complexity index is 1010. The van der Waals surface area contributed by atoms with E-state index in [-0.39, 0.29) is 36.7 Å². The lowest BCUT2D eigenvalue weighted by atomic mass is 9.84. The molecule has 32 heavy (non-hydrogen) atoms. The number of pyridine rings is 1. The molecule has 1 aromatic carbocycles. The minimum Gasteiger partial charge on any atom is -0.355 e. The normalized spacial score (nSPS) is 23.6. The first kappa shape index (κ1) is 22.1. The molecular weight excluding hydrogens is 427 g/mol. The Balaban J connectivity index is 1.55. The standard InChI is InChI=1S/C22H20F3N3O4/c23-22(24,25)14-3-1-13(2-4-14)20(31)28-16(9-12-5-7-26-8-6-12)19(30)15-10-27-21-18(15)17(29)11-32-21/h1-8,15-16,18,21,27H,9-11H2,(H,28,31). The molecule has 2 saturated heterocycles. The van der Waals surface area contributed by atoms with Gasteiger partial charge in [0.1, 0.15) is 12.8 Å². The second-order valence-corrected chi connectivity index (χ2v) is 7.80. The van der Waals surface area contributed by atoms with Gasteiger partial charge in [-0.15, -0.1) is 0 Å². The van der Waals surface area contributed by atoms with Gasteiger partial charge in [0.25, 0.3) is 5.91 Å². The number of benzene rings is 1. The van der Waals surface area contributed by atoms with Crippen LogP contribution in [-0.4, -0.2) is 47.9 Å². The van der Waals surface area contributed by atoms with Gasteiger partial charge in [-0.25, -0.2) is 0 Å². The Labute approximate surface area is 181 Å². The van der Waals surface area contributed by atoms with Crippen molar-refractivity contribution in [3.63, 3.8) is 0 Å². The van der Waals surface area contributed by atoms with Crippen molar-refractivity contribution in [2.24, 2.45) is 11.8 Å². The molecule has 2 aromatic rings. The predicted molar refractivity (Wildman–Crippen MR) is 105 cm³/mol. The zero-order chi connectivity index (χ0) is 22.9. The number of Topliss-reactive ketones (excluding diaryl/α,β-unsaturated/α-hetero) is 2. The Morgan fingerprint density at radius 2 is 1.84 bits per heavy atom. The third-order valence-corrected chi connectivity index (χ3v) is 5.75. The van der Waals surface area contributed by atoms with Crippen molar-refractivity contribution in [2.45, 2.75) is 24.9 Å². The van der Waals surface area contributed by atoms with Gasteiger partial charge in [-0.3, -0.25) is 24.7 Å². The van der Waals surface area contributed by atoms with Crippen LogP contribution >= 0.6 is 0 Å². The van der Waals surface area contributed by atoms with E-state index in [2.05, 4.69) is 15.6 Å². The van der Waals surface area contributed by atoms with Crippen LogP contribution in [0.4, 0.5) is 13.2 Å². The minimum absolute atomic E-state index is 0.00627. The molecule has 4 rings (SSSR count). The van der Waals surface area contributed by atoms with Gasteiger partial charge < -0.3 is 10.1 Å². The average Bonchev–Trinajstić information content (AvgIpc) is 3.36. The lowest BCUT2D eigenvalue weighted by Gasteiger charge is -2.23. The molecule has 0 spiro atoms. The highest BCUT2D eigenvalue weighted by atomic mass is 19.4. The summed E-state index contributed by atoms with van der Waals surface area (Å²) in [6, 6.07) is 6.17. The highest BCUT2D eigenvalue weighted by molar-refractivity contribution is 6.00. The van der Waals surface area contributed by atoms with E-state index in [9.17, 15) is 27.6 Å². The van der Waals surface area contributed by atoms with Gasteiger partial charge in [0.2, 0.25) is 0 Å². The second-order valence-electron chi connectivity index (χ2n) is 7.80. The maximum Gasteiger partial charge on any atom is 0.416 e. The van der Waals surface area contributed by atoms with Crippen molar-refractivity contribution >= 4 is 17.5 Å². The number of ether oxygens (including phenoxy) is 1. The Kier molecular flexibility index (Phi) is 6.07. The van der Waals surface area contributed by atoms with Crippen molar-refractivity contribution in [2.75, 3.05) is 13.2 Å². The largest absolute Gasteiger partial charge is 0.416 e. The van der Waals surface area contributed by atoms with Crippen molar-refractivity contribution in [3.05, 3.63) is 65.5 Å². The summed E-state index contributed by atoms with van der Waals surface area (Å²) in [6.07, 6.45) is -1.79. The highest BCUT2D eigenvalue weighted by Gasteiger charge is 2.50. The van der Waals surface area contributed by atoms with Gasteiger partial charge in [0.15, 0.2) is 11.6 Å². The van der Waals surface area contributed by atoms with Gasteiger partial charge in [-0.2, -0.15) is 13.2 Å². The summed E-state index contributed by atoms with van der Waals surface area (Å²) in [5.74, 6) is -2.47. The van der Waals surface area contributed by atoms with Crippen molar-refractivity contribution < 1.29 is 32.3 Å². The lowest BCUT2D eigenvalue weighted by Crippen LogP contribution is -2.47. The zero-order valence-corrected chi connectivity index (χ0v) is 16.8. The summed E-state index contributed by atoms with van der Waals surface area (Å²) in [7, 11) is 0. The van der Waals surface area contributed by atoms with E-state index < -0.39 is 41.8 Å². The first-order valence-electron chi connectivity index (χ1n) is 10.0. The maximum atomic E-state index is 13.4. The van der Waals surface area contributed by atoms with E-state index in [1.54, 1.807) is 24.5 Å². The fraction of sp³-hybridized carbons (Fsp3) is 0.364. The summed E-state index contributed by atoms with van der Waals surface area (Å²) < 4.78 is 43.7. The molecule has 0 bridgehead atoms. The molecule has 2 fully saturated rings. The number of rotatable bonds is 6. The fourth-order valence-corrected chi connectivity index (χ4v) is 4.10. The van der Waals surface area contributed by atoms with E-state index in [1.807, 2.05) is 0 Å². The number of aromatic nitrogens is 1. The number of carbonyl (C=O) groups excluding carboxylic acids is 3. The number of fused-ring (bicyclic) bond motifs is 1. The number of nitrogens with zero attached hydrogens (tertiary/aromatic N) is 1. The lowest BCUT2D eigenvalue weighted by molar-refractivity contribution is -0.137. The molecule has 2 aliphatic heterocycles. The van der Waals surface area contributed by atoms with E-state index >= 15 is 0 Å². The molecule has 0 saturated carbocycles. The SMILES string of the molecule is O=C(NC(Cc1ccncc1)C(=O)C1CNC2OCC(=O)C21)c1ccc(C(F)(F)F)cc1. The van der Waals surface area contributed by atoms with E-state index in [4.69, 9.17) is 4.74 Å². The van der Waals surface area contributed by atoms with Crippen LogP contribution in [0.2, 0.25) is 0 Å². The molecule has 2 N–H and O–H groups in total. The van der Waals surface area contributed by atoms with Crippen LogP contribution in [0.25, 0.3) is 0 Å². The van der Waals surface area contributed by atoms with Crippen molar-refractivity contribution in [1.82, 2.24) is 15.6 Å². The van der Waals surface area contributed by atoms with E-state index in [1.165, 1.54) is 0 Å². The van der Waals surface area contributed by atoms with Gasteiger partial charge in [-0.1, -0.05) is 0 Å². The van der Waals surface area contributed by atoms with Crippen LogP contribution in [-0.2, 0) is 26.9 Å². The number of ketones is 2. The molecule has 0 radical (unpaired) electrons. The number of amides is 1. The Hall–Kier alpha value is -3.11. The molecule has 168 valence electrons. The molecule has 1 aromatic heterocycles. The summed E-state index contributed by atoms with van der Waals surface area (Å²) >= 11 is 0. The number of halogens is 3. The zero-order valence-electron chi connectivity index (χ0n) is 16.8. The molecule has 2 aliphatic rings. The number of hydrogen-bond acceptors (Lipinski definition) is 6. The molecular formula is C22H20F3N3O4. The number of hydrogen-bond donors (Lipinski definition) is 2. The van der Waals surface area contributed by atoms with Gasteiger partial charge in [0, 0.05) is 30.4 Å². The second kappa shape index (κ2) is 8.79. The molecule has 10 heteroatoms. The fourth-order valence-electron chi connectivity index (χ4n) is 4.10. The molecule has 3 heterocycles. The van der Waals surface area contributed by atoms with Crippen molar-refractivity contribution in [3.8, 4) is 0 Å².